The number of carbonyl (C=O) groups excluding carboxylic acids is 3. The van der Waals surface area contributed by atoms with Crippen LogP contribution in [-0.4, -0.2) is 36.6 Å². The number of carbonyl (C=O) groups is 3. The third kappa shape index (κ3) is 5.30. The quantitative estimate of drug-likeness (QED) is 0.377. The van der Waals surface area contributed by atoms with Gasteiger partial charge in [-0.05, 0) is 48.4 Å². The zero-order chi connectivity index (χ0) is 24.8. The number of benzene rings is 3. The van der Waals surface area contributed by atoms with E-state index < -0.39 is 11.9 Å². The number of nitrogens with zero attached hydrogens (tertiary/aromatic N) is 2. The highest BCUT2D eigenvalue weighted by Gasteiger charge is 2.35. The van der Waals surface area contributed by atoms with E-state index in [0.29, 0.717) is 17.1 Å². The second-order valence-electron chi connectivity index (χ2n) is 8.03. The van der Waals surface area contributed by atoms with Crippen LogP contribution < -0.4 is 10.2 Å². The molecule has 0 aromatic heterocycles. The fourth-order valence-electron chi connectivity index (χ4n) is 4.08. The molecule has 1 aliphatic heterocycles. The maximum absolute atomic E-state index is 13.0. The number of hydrogen-bond acceptors (Lipinski definition) is 5. The maximum atomic E-state index is 13.0. The highest BCUT2D eigenvalue weighted by atomic mass is 16.5. The lowest BCUT2D eigenvalue weighted by Crippen LogP contribution is -2.36. The van der Waals surface area contributed by atoms with E-state index in [2.05, 4.69) is 5.32 Å². The van der Waals surface area contributed by atoms with Gasteiger partial charge in [0.15, 0.2) is 0 Å². The van der Waals surface area contributed by atoms with Crippen LogP contribution in [0.2, 0.25) is 0 Å². The molecule has 1 atom stereocenters. The molecule has 1 aliphatic rings. The number of aliphatic imine (C=N–C) groups is 1. The van der Waals surface area contributed by atoms with Crippen LogP contribution in [0.3, 0.4) is 0 Å². The summed E-state index contributed by atoms with van der Waals surface area (Å²) in [5.74, 6) is -1.32. The Bertz CT molecular complexity index is 1250. The summed E-state index contributed by atoms with van der Waals surface area (Å²) in [7, 11) is 0. The summed E-state index contributed by atoms with van der Waals surface area (Å²) in [6.45, 7) is 3.57. The average Bonchev–Trinajstić information content (AvgIpc) is 3.22. The van der Waals surface area contributed by atoms with Gasteiger partial charge in [-0.1, -0.05) is 55.5 Å². The average molecular weight is 470 g/mol. The van der Waals surface area contributed by atoms with Crippen LogP contribution in [-0.2, 0) is 19.1 Å². The topological polar surface area (TPSA) is 88.1 Å². The van der Waals surface area contributed by atoms with Gasteiger partial charge >= 0.3 is 5.97 Å². The van der Waals surface area contributed by atoms with Gasteiger partial charge in [0.2, 0.25) is 11.8 Å². The van der Waals surface area contributed by atoms with Crippen molar-refractivity contribution in [2.75, 3.05) is 23.4 Å². The summed E-state index contributed by atoms with van der Waals surface area (Å²) in [5, 5.41) is 2.95. The first-order valence-corrected chi connectivity index (χ1v) is 11.6. The van der Waals surface area contributed by atoms with Crippen LogP contribution in [0.5, 0.6) is 0 Å². The third-order valence-corrected chi connectivity index (χ3v) is 5.74. The maximum Gasteiger partial charge on any atom is 0.326 e. The van der Waals surface area contributed by atoms with E-state index >= 15 is 0 Å². The van der Waals surface area contributed by atoms with Crippen molar-refractivity contribution < 1.29 is 19.1 Å². The number of rotatable bonds is 8. The van der Waals surface area contributed by atoms with Gasteiger partial charge in [0, 0.05) is 17.8 Å². The van der Waals surface area contributed by atoms with E-state index in [0.717, 1.165) is 16.8 Å². The Balaban J connectivity index is 1.70. The van der Waals surface area contributed by atoms with Crippen molar-refractivity contribution in [2.24, 2.45) is 4.99 Å². The van der Waals surface area contributed by atoms with Gasteiger partial charge in [0.25, 0.3) is 0 Å². The minimum atomic E-state index is -0.546. The zero-order valence-electron chi connectivity index (χ0n) is 19.7. The van der Waals surface area contributed by atoms with Crippen molar-refractivity contribution >= 4 is 40.6 Å². The second-order valence-corrected chi connectivity index (χ2v) is 8.03. The van der Waals surface area contributed by atoms with Gasteiger partial charge < -0.3 is 15.0 Å². The summed E-state index contributed by atoms with van der Waals surface area (Å²) >= 11 is 0. The van der Waals surface area contributed by atoms with Gasteiger partial charge in [0.1, 0.15) is 12.5 Å². The van der Waals surface area contributed by atoms with E-state index in [9.17, 15) is 14.4 Å². The predicted molar refractivity (Wildman–Crippen MR) is 136 cm³/mol. The Morgan fingerprint density at radius 1 is 0.943 bits per heavy atom. The first kappa shape index (κ1) is 23.9. The SMILES string of the molecule is CCOC(=O)CN(C(=O)CC)c1ccc(N=C(c2ccccc2)C2C(=O)Nc3ccccc32)cc1. The minimum absolute atomic E-state index is 0.125. The van der Waals surface area contributed by atoms with Crippen LogP contribution >= 0.6 is 0 Å². The summed E-state index contributed by atoms with van der Waals surface area (Å²) in [5.41, 5.74) is 4.35. The Kier molecular flexibility index (Phi) is 7.35. The van der Waals surface area contributed by atoms with Gasteiger partial charge in [-0.2, -0.15) is 0 Å². The van der Waals surface area contributed by atoms with Crippen molar-refractivity contribution in [3.05, 3.63) is 90.0 Å². The molecule has 1 N–H and O–H groups in total. The smallest absolute Gasteiger partial charge is 0.326 e. The lowest BCUT2D eigenvalue weighted by Gasteiger charge is -2.21. The van der Waals surface area contributed by atoms with E-state index in [4.69, 9.17) is 9.73 Å². The molecule has 1 heterocycles. The molecule has 7 nitrogen and oxygen atoms in total. The summed E-state index contributed by atoms with van der Waals surface area (Å²) < 4.78 is 5.02. The lowest BCUT2D eigenvalue weighted by molar-refractivity contribution is -0.142. The molecule has 0 fully saturated rings. The predicted octanol–water partition coefficient (Wildman–Crippen LogP) is 4.85. The molecular weight excluding hydrogens is 442 g/mol. The lowest BCUT2D eigenvalue weighted by atomic mass is 9.90. The molecule has 7 heteroatoms. The fourth-order valence-corrected chi connectivity index (χ4v) is 4.08. The Labute approximate surface area is 204 Å². The molecule has 0 saturated heterocycles. The van der Waals surface area contributed by atoms with Crippen molar-refractivity contribution in [1.29, 1.82) is 0 Å². The number of esters is 1. The fraction of sp³-hybridized carbons (Fsp3) is 0.214. The number of ether oxygens (including phenoxy) is 1. The number of hydrogen-bond donors (Lipinski definition) is 1. The molecule has 35 heavy (non-hydrogen) atoms. The van der Waals surface area contributed by atoms with E-state index in [1.807, 2.05) is 54.6 Å². The second kappa shape index (κ2) is 10.8. The molecule has 1 unspecified atom stereocenters. The molecule has 0 bridgehead atoms. The van der Waals surface area contributed by atoms with Crippen molar-refractivity contribution in [1.82, 2.24) is 0 Å². The van der Waals surface area contributed by atoms with Crippen molar-refractivity contribution in [3.63, 3.8) is 0 Å². The molecule has 0 radical (unpaired) electrons. The molecular formula is C28H27N3O4. The highest BCUT2D eigenvalue weighted by molar-refractivity contribution is 6.24. The number of nitrogens with one attached hydrogen (secondary N) is 1. The van der Waals surface area contributed by atoms with Crippen molar-refractivity contribution in [3.8, 4) is 0 Å². The van der Waals surface area contributed by atoms with Gasteiger partial charge in [-0.3, -0.25) is 19.4 Å². The van der Waals surface area contributed by atoms with Gasteiger partial charge in [-0.15, -0.1) is 0 Å². The molecule has 3 aromatic rings. The molecule has 0 spiro atoms. The van der Waals surface area contributed by atoms with E-state index in [1.165, 1.54) is 4.90 Å². The van der Waals surface area contributed by atoms with Crippen LogP contribution in [0.15, 0.2) is 83.9 Å². The first-order valence-electron chi connectivity index (χ1n) is 11.6. The number of amides is 2. The van der Waals surface area contributed by atoms with Crippen molar-refractivity contribution in [2.45, 2.75) is 26.2 Å². The summed E-state index contributed by atoms with van der Waals surface area (Å²) in [6, 6.07) is 24.3. The monoisotopic (exact) mass is 469 g/mol. The normalized spacial score (nSPS) is 14.7. The third-order valence-electron chi connectivity index (χ3n) is 5.74. The van der Waals surface area contributed by atoms with E-state index in [1.54, 1.807) is 38.1 Å². The van der Waals surface area contributed by atoms with E-state index in [-0.39, 0.29) is 31.4 Å². The van der Waals surface area contributed by atoms with Crippen LogP contribution in [0.4, 0.5) is 17.1 Å². The Morgan fingerprint density at radius 3 is 2.31 bits per heavy atom. The molecule has 3 aromatic carbocycles. The largest absolute Gasteiger partial charge is 0.465 e. The number of fused-ring (bicyclic) bond motifs is 1. The van der Waals surface area contributed by atoms with Crippen LogP contribution in [0.1, 0.15) is 37.3 Å². The number of para-hydroxylation sites is 1. The van der Waals surface area contributed by atoms with Crippen LogP contribution in [0.25, 0.3) is 0 Å². The molecule has 178 valence electrons. The van der Waals surface area contributed by atoms with Crippen LogP contribution in [0, 0.1) is 0 Å². The Morgan fingerprint density at radius 2 is 1.63 bits per heavy atom. The van der Waals surface area contributed by atoms with Gasteiger partial charge in [0.05, 0.1) is 18.0 Å². The molecule has 0 saturated carbocycles. The minimum Gasteiger partial charge on any atom is -0.465 e. The van der Waals surface area contributed by atoms with Gasteiger partial charge in [-0.25, -0.2) is 0 Å². The first-order chi connectivity index (χ1) is 17.0. The summed E-state index contributed by atoms with van der Waals surface area (Å²) in [4.78, 5) is 43.7. The molecule has 4 rings (SSSR count). The highest BCUT2D eigenvalue weighted by Crippen LogP contribution is 2.36. The standard InChI is InChI=1S/C28H27N3O4/c1-3-24(32)31(18-25(33)35-4-2)21-16-14-20(15-17-21)29-27(19-10-6-5-7-11-19)26-22-12-8-9-13-23(22)30-28(26)34/h5-17,26H,3-4,18H2,1-2H3,(H,30,34). The molecule has 2 amide bonds. The zero-order valence-corrected chi connectivity index (χ0v) is 19.7. The Hall–Kier alpha value is -4.26. The summed E-state index contributed by atoms with van der Waals surface area (Å²) in [6.07, 6.45) is 0.258. The number of anilines is 2. The molecule has 0 aliphatic carbocycles.